The molecule has 0 unspecified atom stereocenters. The van der Waals surface area contributed by atoms with E-state index in [1.165, 1.54) is 17.7 Å². The summed E-state index contributed by atoms with van der Waals surface area (Å²) in [5.74, 6) is -0.272. The Kier molecular flexibility index (Phi) is 4.34. The normalized spacial score (nSPS) is 10.6. The van der Waals surface area contributed by atoms with Crippen LogP contribution in [-0.2, 0) is 6.54 Å². The molecule has 0 fully saturated rings. The molecule has 0 atom stereocenters. The van der Waals surface area contributed by atoms with E-state index in [1.54, 1.807) is 6.07 Å². The van der Waals surface area contributed by atoms with Crippen LogP contribution in [0, 0.1) is 5.82 Å². The fourth-order valence-electron chi connectivity index (χ4n) is 1.79. The summed E-state index contributed by atoms with van der Waals surface area (Å²) >= 11 is 6.08. The lowest BCUT2D eigenvalue weighted by atomic mass is 10.0. The molecule has 0 aliphatic carbocycles. The van der Waals surface area contributed by atoms with E-state index in [1.807, 2.05) is 24.3 Å². The summed E-state index contributed by atoms with van der Waals surface area (Å²) in [6.45, 7) is 3.85. The molecule has 0 aliphatic heterocycles. The lowest BCUT2D eigenvalue weighted by molar-refractivity contribution is 0.628. The van der Waals surface area contributed by atoms with Crippen molar-refractivity contribution in [1.82, 2.24) is 5.32 Å². The molecule has 0 aliphatic rings. The van der Waals surface area contributed by atoms with Gasteiger partial charge in [0.05, 0.1) is 0 Å². The van der Waals surface area contributed by atoms with E-state index in [-0.39, 0.29) is 5.82 Å². The number of rotatable bonds is 4. The first-order chi connectivity index (χ1) is 8.70. The van der Waals surface area contributed by atoms with Crippen molar-refractivity contribution in [2.75, 3.05) is 6.54 Å². The first-order valence-corrected chi connectivity index (χ1v) is 6.33. The maximum absolute atomic E-state index is 13.2. The fraction of sp³-hybridized carbons (Fsp3) is 0.200. The highest BCUT2D eigenvalue weighted by molar-refractivity contribution is 6.33. The van der Waals surface area contributed by atoms with Crippen LogP contribution in [0.1, 0.15) is 12.5 Å². The molecule has 2 aromatic rings. The molecule has 0 spiro atoms. The second kappa shape index (κ2) is 5.98. The summed E-state index contributed by atoms with van der Waals surface area (Å²) in [4.78, 5) is 0. The van der Waals surface area contributed by atoms with Gasteiger partial charge in [0.15, 0.2) is 0 Å². The second-order valence-corrected chi connectivity index (χ2v) is 4.51. The average molecular weight is 264 g/mol. The summed E-state index contributed by atoms with van der Waals surface area (Å²) in [5.41, 5.74) is 2.86. The minimum absolute atomic E-state index is 0.272. The number of halogens is 2. The Bertz CT molecular complexity index is 523. The van der Waals surface area contributed by atoms with Crippen molar-refractivity contribution in [3.8, 4) is 11.1 Å². The van der Waals surface area contributed by atoms with Gasteiger partial charge in [-0.25, -0.2) is 4.39 Å². The number of hydrogen-bond donors (Lipinski definition) is 1. The van der Waals surface area contributed by atoms with Crippen molar-refractivity contribution < 1.29 is 4.39 Å². The first kappa shape index (κ1) is 13.1. The highest BCUT2D eigenvalue weighted by atomic mass is 35.5. The number of benzene rings is 2. The van der Waals surface area contributed by atoms with Crippen LogP contribution < -0.4 is 5.32 Å². The van der Waals surface area contributed by atoms with Crippen LogP contribution in [0.15, 0.2) is 42.5 Å². The lowest BCUT2D eigenvalue weighted by Gasteiger charge is -2.07. The van der Waals surface area contributed by atoms with Crippen LogP contribution in [0.5, 0.6) is 0 Å². The molecule has 0 heterocycles. The van der Waals surface area contributed by atoms with Crippen LogP contribution in [0.25, 0.3) is 11.1 Å². The van der Waals surface area contributed by atoms with Crippen LogP contribution in [0.3, 0.4) is 0 Å². The molecule has 2 aromatic carbocycles. The van der Waals surface area contributed by atoms with Gasteiger partial charge in [0.1, 0.15) is 5.82 Å². The first-order valence-electron chi connectivity index (χ1n) is 5.96. The highest BCUT2D eigenvalue weighted by Gasteiger charge is 2.05. The van der Waals surface area contributed by atoms with Gasteiger partial charge in [0.2, 0.25) is 0 Å². The maximum atomic E-state index is 13.2. The molecule has 1 nitrogen and oxygen atoms in total. The third kappa shape index (κ3) is 3.09. The van der Waals surface area contributed by atoms with Crippen LogP contribution in [-0.4, -0.2) is 6.54 Å². The highest BCUT2D eigenvalue weighted by Crippen LogP contribution is 2.28. The Balaban J connectivity index is 2.25. The van der Waals surface area contributed by atoms with Crippen molar-refractivity contribution in [2.45, 2.75) is 13.5 Å². The van der Waals surface area contributed by atoms with Gasteiger partial charge in [0, 0.05) is 17.1 Å². The van der Waals surface area contributed by atoms with E-state index >= 15 is 0 Å². The minimum Gasteiger partial charge on any atom is -0.313 e. The quantitative estimate of drug-likeness (QED) is 0.869. The maximum Gasteiger partial charge on any atom is 0.123 e. The number of hydrogen-bond acceptors (Lipinski definition) is 1. The third-order valence-corrected chi connectivity index (χ3v) is 3.10. The summed E-state index contributed by atoms with van der Waals surface area (Å²) in [6.07, 6.45) is 0. The van der Waals surface area contributed by atoms with Gasteiger partial charge in [0.25, 0.3) is 0 Å². The predicted octanol–water partition coefficient (Wildman–Crippen LogP) is 4.26. The van der Waals surface area contributed by atoms with Gasteiger partial charge in [-0.1, -0.05) is 42.8 Å². The molecule has 0 bridgehead atoms. The monoisotopic (exact) mass is 263 g/mol. The topological polar surface area (TPSA) is 12.0 Å². The molecule has 2 rings (SSSR count). The van der Waals surface area contributed by atoms with Crippen LogP contribution in [0.4, 0.5) is 4.39 Å². The third-order valence-electron chi connectivity index (χ3n) is 2.77. The molecular formula is C15H15ClFN. The Labute approximate surface area is 112 Å². The molecular weight excluding hydrogens is 249 g/mol. The van der Waals surface area contributed by atoms with Crippen molar-refractivity contribution >= 4 is 11.6 Å². The van der Waals surface area contributed by atoms with Crippen LogP contribution >= 0.6 is 11.6 Å². The summed E-state index contributed by atoms with van der Waals surface area (Å²) in [7, 11) is 0. The van der Waals surface area contributed by atoms with Gasteiger partial charge in [-0.2, -0.15) is 0 Å². The Morgan fingerprint density at radius 1 is 1.11 bits per heavy atom. The molecule has 1 N–H and O–H groups in total. The zero-order chi connectivity index (χ0) is 13.0. The predicted molar refractivity (Wildman–Crippen MR) is 74.2 cm³/mol. The summed E-state index contributed by atoms with van der Waals surface area (Å²) in [5, 5.41) is 3.82. The summed E-state index contributed by atoms with van der Waals surface area (Å²) < 4.78 is 13.2. The fourth-order valence-corrected chi connectivity index (χ4v) is 2.02. The zero-order valence-corrected chi connectivity index (χ0v) is 11.0. The summed E-state index contributed by atoms with van der Waals surface area (Å²) in [6, 6.07) is 12.4. The molecule has 0 aromatic heterocycles. The van der Waals surface area contributed by atoms with E-state index in [0.29, 0.717) is 5.02 Å². The molecule has 3 heteroatoms. The average Bonchev–Trinajstić information content (AvgIpc) is 2.40. The van der Waals surface area contributed by atoms with E-state index in [9.17, 15) is 4.39 Å². The molecule has 18 heavy (non-hydrogen) atoms. The molecule has 0 saturated carbocycles. The largest absolute Gasteiger partial charge is 0.313 e. The standard InChI is InChI=1S/C15H15ClFN/c1-2-18-10-11-3-5-12(6-4-11)14-9-13(17)7-8-15(14)16/h3-9,18H,2,10H2,1H3. The Hall–Kier alpha value is -1.38. The van der Waals surface area contributed by atoms with Gasteiger partial charge in [-0.15, -0.1) is 0 Å². The van der Waals surface area contributed by atoms with Crippen molar-refractivity contribution in [1.29, 1.82) is 0 Å². The van der Waals surface area contributed by atoms with Gasteiger partial charge in [-0.3, -0.25) is 0 Å². The van der Waals surface area contributed by atoms with E-state index in [0.717, 1.165) is 24.2 Å². The Morgan fingerprint density at radius 3 is 2.50 bits per heavy atom. The van der Waals surface area contributed by atoms with Crippen molar-refractivity contribution in [3.63, 3.8) is 0 Å². The molecule has 0 amide bonds. The van der Waals surface area contributed by atoms with Gasteiger partial charge in [-0.05, 0) is 35.9 Å². The van der Waals surface area contributed by atoms with Crippen LogP contribution in [0.2, 0.25) is 5.02 Å². The minimum atomic E-state index is -0.272. The zero-order valence-electron chi connectivity index (χ0n) is 10.2. The molecule has 0 saturated heterocycles. The number of nitrogens with one attached hydrogen (secondary N) is 1. The smallest absolute Gasteiger partial charge is 0.123 e. The molecule has 94 valence electrons. The Morgan fingerprint density at radius 2 is 1.83 bits per heavy atom. The molecule has 0 radical (unpaired) electrons. The van der Waals surface area contributed by atoms with E-state index in [4.69, 9.17) is 11.6 Å². The van der Waals surface area contributed by atoms with Crippen molar-refractivity contribution in [2.24, 2.45) is 0 Å². The SMILES string of the molecule is CCNCc1ccc(-c2cc(F)ccc2Cl)cc1. The van der Waals surface area contributed by atoms with Gasteiger partial charge < -0.3 is 5.32 Å². The van der Waals surface area contributed by atoms with Gasteiger partial charge >= 0.3 is 0 Å². The lowest BCUT2D eigenvalue weighted by Crippen LogP contribution is -2.11. The second-order valence-electron chi connectivity index (χ2n) is 4.10. The van der Waals surface area contributed by atoms with E-state index < -0.39 is 0 Å². The van der Waals surface area contributed by atoms with E-state index in [2.05, 4.69) is 12.2 Å². The van der Waals surface area contributed by atoms with Crippen molar-refractivity contribution in [3.05, 3.63) is 58.9 Å².